The first-order valence-electron chi connectivity index (χ1n) is 6.14. The molecule has 0 saturated carbocycles. The van der Waals surface area contributed by atoms with E-state index in [-0.39, 0.29) is 6.04 Å². The number of nitrogens with one attached hydrogen (secondary N) is 1. The SMILES string of the molecule is CCCNC(Cc1nccn1C)c1sccc1Cl. The largest absolute Gasteiger partial charge is 0.338 e. The molecular weight excluding hydrogens is 266 g/mol. The number of rotatable bonds is 6. The zero-order valence-electron chi connectivity index (χ0n) is 10.7. The fourth-order valence-corrected chi connectivity index (χ4v) is 3.17. The Bertz CT molecular complexity index is 492. The van der Waals surface area contributed by atoms with Crippen LogP contribution in [0.2, 0.25) is 5.02 Å². The summed E-state index contributed by atoms with van der Waals surface area (Å²) in [6.07, 6.45) is 5.79. The van der Waals surface area contributed by atoms with E-state index in [4.69, 9.17) is 11.6 Å². The van der Waals surface area contributed by atoms with E-state index in [9.17, 15) is 0 Å². The van der Waals surface area contributed by atoms with Gasteiger partial charge >= 0.3 is 0 Å². The van der Waals surface area contributed by atoms with Crippen LogP contribution in [0.15, 0.2) is 23.8 Å². The third-order valence-electron chi connectivity index (χ3n) is 2.91. The van der Waals surface area contributed by atoms with Gasteiger partial charge in [-0.05, 0) is 24.4 Å². The quantitative estimate of drug-likeness (QED) is 0.880. The minimum absolute atomic E-state index is 0.249. The Morgan fingerprint density at radius 1 is 1.56 bits per heavy atom. The maximum absolute atomic E-state index is 6.24. The zero-order valence-corrected chi connectivity index (χ0v) is 12.3. The Hall–Kier alpha value is -0.840. The molecule has 0 aromatic carbocycles. The van der Waals surface area contributed by atoms with Gasteiger partial charge in [0.1, 0.15) is 5.82 Å². The second-order valence-electron chi connectivity index (χ2n) is 4.30. The van der Waals surface area contributed by atoms with Gasteiger partial charge < -0.3 is 9.88 Å². The molecule has 3 nitrogen and oxygen atoms in total. The van der Waals surface area contributed by atoms with E-state index in [1.165, 1.54) is 4.88 Å². The normalized spacial score (nSPS) is 12.8. The van der Waals surface area contributed by atoms with Crippen LogP contribution in [0.25, 0.3) is 0 Å². The van der Waals surface area contributed by atoms with Crippen LogP contribution in [0.3, 0.4) is 0 Å². The van der Waals surface area contributed by atoms with Crippen LogP contribution >= 0.6 is 22.9 Å². The molecule has 0 saturated heterocycles. The fourth-order valence-electron chi connectivity index (χ4n) is 1.91. The lowest BCUT2D eigenvalue weighted by atomic mass is 10.1. The van der Waals surface area contributed by atoms with Crippen LogP contribution in [0.1, 0.15) is 30.1 Å². The van der Waals surface area contributed by atoms with Crippen molar-refractivity contribution in [3.63, 3.8) is 0 Å². The third-order valence-corrected chi connectivity index (χ3v) is 4.38. The fraction of sp³-hybridized carbons (Fsp3) is 0.462. The summed E-state index contributed by atoms with van der Waals surface area (Å²) < 4.78 is 2.06. The number of hydrogen-bond donors (Lipinski definition) is 1. The highest BCUT2D eigenvalue weighted by Crippen LogP contribution is 2.30. The number of aromatic nitrogens is 2. The van der Waals surface area contributed by atoms with Crippen molar-refractivity contribution < 1.29 is 0 Å². The lowest BCUT2D eigenvalue weighted by molar-refractivity contribution is 0.519. The molecule has 18 heavy (non-hydrogen) atoms. The average molecular weight is 284 g/mol. The monoisotopic (exact) mass is 283 g/mol. The Kier molecular flexibility index (Phi) is 4.80. The van der Waals surface area contributed by atoms with Crippen molar-refractivity contribution in [1.82, 2.24) is 14.9 Å². The molecule has 2 rings (SSSR count). The summed E-state index contributed by atoms with van der Waals surface area (Å²) in [7, 11) is 2.02. The van der Waals surface area contributed by atoms with E-state index < -0.39 is 0 Å². The van der Waals surface area contributed by atoms with E-state index in [2.05, 4.69) is 21.8 Å². The Balaban J connectivity index is 2.15. The van der Waals surface area contributed by atoms with Gasteiger partial charge in [-0.3, -0.25) is 0 Å². The highest BCUT2D eigenvalue weighted by atomic mass is 35.5. The second kappa shape index (κ2) is 6.36. The van der Waals surface area contributed by atoms with Crippen LogP contribution in [-0.4, -0.2) is 16.1 Å². The van der Waals surface area contributed by atoms with Gasteiger partial charge in [0.2, 0.25) is 0 Å². The van der Waals surface area contributed by atoms with Crippen molar-refractivity contribution in [2.75, 3.05) is 6.54 Å². The molecular formula is C13H18ClN3S. The van der Waals surface area contributed by atoms with Crippen molar-refractivity contribution in [2.45, 2.75) is 25.8 Å². The Labute approximate surface area is 117 Å². The number of aryl methyl sites for hydroxylation is 1. The summed E-state index contributed by atoms with van der Waals surface area (Å²) in [6, 6.07) is 2.21. The number of nitrogens with zero attached hydrogens (tertiary/aromatic N) is 2. The molecule has 0 fully saturated rings. The number of thiophene rings is 1. The topological polar surface area (TPSA) is 29.9 Å². The van der Waals surface area contributed by atoms with Crippen molar-refractivity contribution in [1.29, 1.82) is 0 Å². The van der Waals surface area contributed by atoms with Gasteiger partial charge in [-0.2, -0.15) is 0 Å². The van der Waals surface area contributed by atoms with Gasteiger partial charge in [0, 0.05) is 30.7 Å². The maximum Gasteiger partial charge on any atom is 0.110 e. The molecule has 1 unspecified atom stereocenters. The molecule has 5 heteroatoms. The van der Waals surface area contributed by atoms with Gasteiger partial charge in [-0.25, -0.2) is 4.98 Å². The van der Waals surface area contributed by atoms with E-state index in [1.807, 2.05) is 30.9 Å². The molecule has 0 amide bonds. The molecule has 0 bridgehead atoms. The van der Waals surface area contributed by atoms with Crippen molar-refractivity contribution in [3.8, 4) is 0 Å². The molecule has 98 valence electrons. The first-order valence-corrected chi connectivity index (χ1v) is 7.40. The summed E-state index contributed by atoms with van der Waals surface area (Å²) in [5.41, 5.74) is 0. The van der Waals surface area contributed by atoms with E-state index in [0.717, 1.165) is 30.2 Å². The molecule has 0 radical (unpaired) electrons. The number of imidazole rings is 1. The van der Waals surface area contributed by atoms with Crippen LogP contribution in [0.5, 0.6) is 0 Å². The lowest BCUT2D eigenvalue weighted by Gasteiger charge is -2.17. The van der Waals surface area contributed by atoms with E-state index in [0.29, 0.717) is 0 Å². The van der Waals surface area contributed by atoms with Crippen molar-refractivity contribution in [2.24, 2.45) is 7.05 Å². The predicted octanol–water partition coefficient (Wildman–Crippen LogP) is 3.42. The van der Waals surface area contributed by atoms with Gasteiger partial charge in [0.15, 0.2) is 0 Å². The Morgan fingerprint density at radius 2 is 2.39 bits per heavy atom. The summed E-state index contributed by atoms with van der Waals surface area (Å²) in [5.74, 6) is 1.08. The highest BCUT2D eigenvalue weighted by Gasteiger charge is 2.17. The standard InChI is InChI=1S/C13H18ClN3S/c1-3-5-15-11(13-10(14)4-8-18-13)9-12-16-6-7-17(12)2/h4,6-8,11,15H,3,5,9H2,1-2H3. The molecule has 0 aliphatic carbocycles. The van der Waals surface area contributed by atoms with Crippen LogP contribution in [-0.2, 0) is 13.5 Å². The van der Waals surface area contributed by atoms with Crippen LogP contribution < -0.4 is 5.32 Å². The minimum atomic E-state index is 0.249. The molecule has 0 spiro atoms. The first-order chi connectivity index (χ1) is 8.72. The van der Waals surface area contributed by atoms with Crippen molar-refractivity contribution >= 4 is 22.9 Å². The smallest absolute Gasteiger partial charge is 0.110 e. The van der Waals surface area contributed by atoms with E-state index >= 15 is 0 Å². The third kappa shape index (κ3) is 3.13. The van der Waals surface area contributed by atoms with Crippen molar-refractivity contribution in [3.05, 3.63) is 39.6 Å². The van der Waals surface area contributed by atoms with Gasteiger partial charge in [-0.15, -0.1) is 11.3 Å². The maximum atomic E-state index is 6.24. The summed E-state index contributed by atoms with van der Waals surface area (Å²) in [4.78, 5) is 5.59. The molecule has 0 aliphatic heterocycles. The van der Waals surface area contributed by atoms with Crippen LogP contribution in [0.4, 0.5) is 0 Å². The molecule has 1 N–H and O–H groups in total. The number of halogens is 1. The molecule has 1 atom stereocenters. The highest BCUT2D eigenvalue weighted by molar-refractivity contribution is 7.10. The summed E-state index contributed by atoms with van der Waals surface area (Å²) in [6.45, 7) is 3.16. The molecule has 2 heterocycles. The minimum Gasteiger partial charge on any atom is -0.338 e. The van der Waals surface area contributed by atoms with Gasteiger partial charge in [0.05, 0.1) is 11.1 Å². The first kappa shape index (κ1) is 13.6. The molecule has 2 aromatic heterocycles. The number of hydrogen-bond acceptors (Lipinski definition) is 3. The summed E-state index contributed by atoms with van der Waals surface area (Å²) >= 11 is 7.94. The molecule has 2 aromatic rings. The zero-order chi connectivity index (χ0) is 13.0. The van der Waals surface area contributed by atoms with E-state index in [1.54, 1.807) is 11.3 Å². The van der Waals surface area contributed by atoms with Crippen LogP contribution in [0, 0.1) is 0 Å². The average Bonchev–Trinajstić information content (AvgIpc) is 2.94. The van der Waals surface area contributed by atoms with Gasteiger partial charge in [-0.1, -0.05) is 18.5 Å². The lowest BCUT2D eigenvalue weighted by Crippen LogP contribution is -2.24. The second-order valence-corrected chi connectivity index (χ2v) is 5.65. The van der Waals surface area contributed by atoms with Gasteiger partial charge in [0.25, 0.3) is 0 Å². The molecule has 0 aliphatic rings. The summed E-state index contributed by atoms with van der Waals surface area (Å²) in [5, 5.41) is 6.44. The predicted molar refractivity (Wildman–Crippen MR) is 77.3 cm³/mol. The Morgan fingerprint density at radius 3 is 2.94 bits per heavy atom.